The van der Waals surface area contributed by atoms with Gasteiger partial charge in [0.2, 0.25) is 0 Å². The highest BCUT2D eigenvalue weighted by atomic mass is 16.6. The zero-order valence-electron chi connectivity index (χ0n) is 9.95. The minimum Gasteiger partial charge on any atom is -0.481 e. The Labute approximate surface area is 106 Å². The van der Waals surface area contributed by atoms with E-state index in [1.807, 2.05) is 54.6 Å². The Bertz CT molecular complexity index is 527. The Hall–Kier alpha value is -2.00. The van der Waals surface area contributed by atoms with Gasteiger partial charge >= 0.3 is 0 Å². The maximum absolute atomic E-state index is 6.02. The van der Waals surface area contributed by atoms with Gasteiger partial charge in [0.15, 0.2) is 23.7 Å². The third-order valence-electron chi connectivity index (χ3n) is 3.08. The Morgan fingerprint density at radius 1 is 0.833 bits per heavy atom. The lowest BCUT2D eigenvalue weighted by atomic mass is 10.0. The van der Waals surface area contributed by atoms with Crippen molar-refractivity contribution in [3.05, 3.63) is 60.2 Å². The highest BCUT2D eigenvalue weighted by Gasteiger charge is 2.31. The third kappa shape index (κ3) is 1.93. The molecule has 2 atom stereocenters. The first-order valence-electron chi connectivity index (χ1n) is 6.06. The topological polar surface area (TPSA) is 44.5 Å². The van der Waals surface area contributed by atoms with Crippen LogP contribution in [-0.4, -0.2) is 12.6 Å². The summed E-state index contributed by atoms with van der Waals surface area (Å²) < 4.78 is 11.9. The van der Waals surface area contributed by atoms with Crippen LogP contribution in [0, 0.1) is 0 Å². The number of hydrogen-bond acceptors (Lipinski definition) is 3. The molecule has 3 nitrogen and oxygen atoms in total. The van der Waals surface area contributed by atoms with E-state index < -0.39 is 0 Å². The average Bonchev–Trinajstić information content (AvgIpc) is 2.46. The van der Waals surface area contributed by atoms with Gasteiger partial charge in [0.1, 0.15) is 0 Å². The smallest absolute Gasteiger partial charge is 0.162 e. The van der Waals surface area contributed by atoms with Crippen molar-refractivity contribution in [2.24, 2.45) is 5.73 Å². The second-order valence-electron chi connectivity index (χ2n) is 4.29. The molecule has 0 spiro atoms. The maximum Gasteiger partial charge on any atom is 0.162 e. The zero-order chi connectivity index (χ0) is 12.4. The van der Waals surface area contributed by atoms with Crippen LogP contribution >= 0.6 is 0 Å². The summed E-state index contributed by atoms with van der Waals surface area (Å²) in [4.78, 5) is 0. The van der Waals surface area contributed by atoms with Crippen LogP contribution in [0.5, 0.6) is 11.5 Å². The molecule has 0 saturated heterocycles. The summed E-state index contributed by atoms with van der Waals surface area (Å²) in [5, 5.41) is 0. The molecule has 92 valence electrons. The Morgan fingerprint density at radius 3 is 2.11 bits per heavy atom. The van der Waals surface area contributed by atoms with E-state index in [1.54, 1.807) is 0 Å². The minimum atomic E-state index is -0.151. The van der Waals surface area contributed by atoms with Gasteiger partial charge in [0.05, 0.1) is 0 Å². The van der Waals surface area contributed by atoms with E-state index in [0.717, 1.165) is 17.1 Å². The van der Waals surface area contributed by atoms with E-state index in [4.69, 9.17) is 15.2 Å². The van der Waals surface area contributed by atoms with Crippen molar-refractivity contribution in [2.75, 3.05) is 6.54 Å². The largest absolute Gasteiger partial charge is 0.481 e. The van der Waals surface area contributed by atoms with Crippen LogP contribution in [0.4, 0.5) is 0 Å². The molecule has 2 unspecified atom stereocenters. The lowest BCUT2D eigenvalue weighted by molar-refractivity contribution is 0.0249. The molecule has 18 heavy (non-hydrogen) atoms. The second-order valence-corrected chi connectivity index (χ2v) is 4.29. The van der Waals surface area contributed by atoms with Crippen LogP contribution in [0.15, 0.2) is 54.6 Å². The maximum atomic E-state index is 6.02. The number of hydrogen-bond donors (Lipinski definition) is 1. The number of fused-ring (bicyclic) bond motifs is 1. The Morgan fingerprint density at radius 2 is 1.44 bits per heavy atom. The Balaban J connectivity index is 1.96. The van der Waals surface area contributed by atoms with Gasteiger partial charge in [-0.2, -0.15) is 0 Å². The van der Waals surface area contributed by atoms with E-state index in [2.05, 4.69) is 0 Å². The van der Waals surface area contributed by atoms with Crippen LogP contribution < -0.4 is 15.2 Å². The van der Waals surface area contributed by atoms with Crippen LogP contribution in [0.3, 0.4) is 0 Å². The fourth-order valence-corrected chi connectivity index (χ4v) is 2.18. The fourth-order valence-electron chi connectivity index (χ4n) is 2.18. The first kappa shape index (κ1) is 11.1. The summed E-state index contributed by atoms with van der Waals surface area (Å²) in [6.45, 7) is 0.424. The van der Waals surface area contributed by atoms with E-state index in [-0.39, 0.29) is 12.2 Å². The van der Waals surface area contributed by atoms with E-state index in [9.17, 15) is 0 Å². The molecule has 0 bridgehead atoms. The van der Waals surface area contributed by atoms with Gasteiger partial charge in [-0.15, -0.1) is 0 Å². The second kappa shape index (κ2) is 4.70. The summed E-state index contributed by atoms with van der Waals surface area (Å²) in [5.74, 6) is 1.54. The fraction of sp³-hybridized carbons (Fsp3) is 0.200. The summed E-state index contributed by atoms with van der Waals surface area (Å²) in [6, 6.07) is 17.7. The van der Waals surface area contributed by atoms with E-state index in [1.165, 1.54) is 0 Å². The van der Waals surface area contributed by atoms with E-state index in [0.29, 0.717) is 6.54 Å². The zero-order valence-corrected chi connectivity index (χ0v) is 9.95. The molecule has 0 aromatic heterocycles. The number of benzene rings is 2. The highest BCUT2D eigenvalue weighted by molar-refractivity contribution is 5.42. The standard InChI is InChI=1S/C15H15NO2/c16-10-14-15(11-6-2-1-3-7-11)18-13-9-5-4-8-12(13)17-14/h1-9,14-15H,10,16H2. The van der Waals surface area contributed by atoms with Crippen molar-refractivity contribution in [2.45, 2.75) is 12.2 Å². The summed E-state index contributed by atoms with van der Waals surface area (Å²) in [5.41, 5.74) is 6.87. The first-order valence-corrected chi connectivity index (χ1v) is 6.06. The quantitative estimate of drug-likeness (QED) is 0.878. The SMILES string of the molecule is NCC1Oc2ccccc2OC1c1ccccc1. The van der Waals surface area contributed by atoms with Crippen molar-refractivity contribution in [3.8, 4) is 11.5 Å². The van der Waals surface area contributed by atoms with Gasteiger partial charge in [-0.05, 0) is 17.7 Å². The molecular formula is C15H15NO2. The normalized spacial score (nSPS) is 21.6. The molecule has 1 aliphatic rings. The monoisotopic (exact) mass is 241 g/mol. The van der Waals surface area contributed by atoms with Gasteiger partial charge in [0, 0.05) is 6.54 Å². The number of rotatable bonds is 2. The number of para-hydroxylation sites is 2. The molecule has 3 heteroatoms. The van der Waals surface area contributed by atoms with Crippen molar-refractivity contribution >= 4 is 0 Å². The molecule has 0 fully saturated rings. The lowest BCUT2D eigenvalue weighted by Gasteiger charge is -2.33. The van der Waals surface area contributed by atoms with Gasteiger partial charge in [-0.3, -0.25) is 0 Å². The first-order chi connectivity index (χ1) is 8.88. The average molecular weight is 241 g/mol. The molecule has 1 heterocycles. The predicted octanol–water partition coefficient (Wildman–Crippen LogP) is 2.53. The summed E-state index contributed by atoms with van der Waals surface area (Å²) in [7, 11) is 0. The van der Waals surface area contributed by atoms with Crippen LogP contribution in [0.25, 0.3) is 0 Å². The van der Waals surface area contributed by atoms with Gasteiger partial charge in [-0.25, -0.2) is 0 Å². The number of nitrogens with two attached hydrogens (primary N) is 1. The lowest BCUT2D eigenvalue weighted by Crippen LogP contribution is -2.38. The molecule has 2 aromatic rings. The van der Waals surface area contributed by atoms with Crippen molar-refractivity contribution < 1.29 is 9.47 Å². The predicted molar refractivity (Wildman–Crippen MR) is 69.7 cm³/mol. The molecule has 2 N–H and O–H groups in total. The molecule has 3 rings (SSSR count). The van der Waals surface area contributed by atoms with Gasteiger partial charge < -0.3 is 15.2 Å². The van der Waals surface area contributed by atoms with Crippen LogP contribution in [-0.2, 0) is 0 Å². The highest BCUT2D eigenvalue weighted by Crippen LogP contribution is 2.38. The molecule has 2 aromatic carbocycles. The van der Waals surface area contributed by atoms with Gasteiger partial charge in [-0.1, -0.05) is 42.5 Å². The Kier molecular flexibility index (Phi) is 2.90. The van der Waals surface area contributed by atoms with Crippen molar-refractivity contribution in [1.29, 1.82) is 0 Å². The van der Waals surface area contributed by atoms with E-state index >= 15 is 0 Å². The van der Waals surface area contributed by atoms with Crippen molar-refractivity contribution in [1.82, 2.24) is 0 Å². The molecule has 0 amide bonds. The molecule has 0 saturated carbocycles. The third-order valence-corrected chi connectivity index (χ3v) is 3.08. The minimum absolute atomic E-state index is 0.147. The molecular weight excluding hydrogens is 226 g/mol. The van der Waals surface area contributed by atoms with Crippen molar-refractivity contribution in [3.63, 3.8) is 0 Å². The summed E-state index contributed by atoms with van der Waals surface area (Å²) in [6.07, 6.45) is -0.298. The van der Waals surface area contributed by atoms with Gasteiger partial charge in [0.25, 0.3) is 0 Å². The molecule has 0 aliphatic carbocycles. The van der Waals surface area contributed by atoms with Crippen LogP contribution in [0.1, 0.15) is 11.7 Å². The molecule has 0 radical (unpaired) electrons. The molecule has 1 aliphatic heterocycles. The summed E-state index contributed by atoms with van der Waals surface area (Å²) >= 11 is 0. The van der Waals surface area contributed by atoms with Crippen LogP contribution in [0.2, 0.25) is 0 Å². The number of ether oxygens (including phenoxy) is 2.